The quantitative estimate of drug-likeness (QED) is 0.843. The lowest BCUT2D eigenvalue weighted by Gasteiger charge is -2.23. The van der Waals surface area contributed by atoms with Crippen molar-refractivity contribution in [2.75, 3.05) is 13.7 Å². The lowest BCUT2D eigenvalue weighted by atomic mass is 9.85. The van der Waals surface area contributed by atoms with Crippen LogP contribution in [0.5, 0.6) is 5.75 Å². The third kappa shape index (κ3) is 3.24. The van der Waals surface area contributed by atoms with E-state index in [1.54, 1.807) is 7.11 Å². The Labute approximate surface area is 99.0 Å². The van der Waals surface area contributed by atoms with Gasteiger partial charge in [0.2, 0.25) is 0 Å². The largest absolute Gasteiger partial charge is 0.496 e. The molecule has 0 bridgehead atoms. The molecule has 0 aliphatic carbocycles. The number of methoxy groups -OCH3 is 1. The first-order valence-electron chi connectivity index (χ1n) is 5.87. The molecule has 0 aliphatic heterocycles. The first-order chi connectivity index (χ1) is 7.49. The van der Waals surface area contributed by atoms with Crippen molar-refractivity contribution in [3.63, 3.8) is 0 Å². The van der Waals surface area contributed by atoms with E-state index in [1.165, 1.54) is 11.1 Å². The Morgan fingerprint density at radius 3 is 2.44 bits per heavy atom. The van der Waals surface area contributed by atoms with Crippen molar-refractivity contribution in [1.82, 2.24) is 5.32 Å². The van der Waals surface area contributed by atoms with Crippen LogP contribution in [0.15, 0.2) is 18.2 Å². The lowest BCUT2D eigenvalue weighted by molar-refractivity contribution is 0.397. The third-order valence-electron chi connectivity index (χ3n) is 2.65. The molecule has 2 heteroatoms. The molecule has 1 N–H and O–H groups in total. The second-order valence-corrected chi connectivity index (χ2v) is 5.06. The molecule has 0 radical (unpaired) electrons. The van der Waals surface area contributed by atoms with E-state index in [2.05, 4.69) is 51.2 Å². The summed E-state index contributed by atoms with van der Waals surface area (Å²) in [5.41, 5.74) is 2.70. The van der Waals surface area contributed by atoms with E-state index in [0.717, 1.165) is 18.8 Å². The van der Waals surface area contributed by atoms with Gasteiger partial charge >= 0.3 is 0 Å². The smallest absolute Gasteiger partial charge is 0.122 e. The van der Waals surface area contributed by atoms with E-state index in [0.29, 0.717) is 0 Å². The first kappa shape index (κ1) is 13.0. The molecule has 16 heavy (non-hydrogen) atoms. The third-order valence-corrected chi connectivity index (χ3v) is 2.65. The fourth-order valence-electron chi connectivity index (χ4n) is 1.72. The van der Waals surface area contributed by atoms with Crippen LogP contribution in [-0.4, -0.2) is 13.7 Å². The zero-order chi connectivity index (χ0) is 12.2. The molecule has 90 valence electrons. The van der Waals surface area contributed by atoms with Crippen molar-refractivity contribution in [1.29, 1.82) is 0 Å². The Balaban J connectivity index is 3.02. The maximum Gasteiger partial charge on any atom is 0.122 e. The maximum atomic E-state index is 5.41. The molecule has 2 nitrogen and oxygen atoms in total. The molecule has 0 fully saturated rings. The summed E-state index contributed by atoms with van der Waals surface area (Å²) in [5, 5.41) is 3.34. The molecule has 0 aromatic heterocycles. The predicted octanol–water partition coefficient (Wildman–Crippen LogP) is 3.10. The molecule has 0 atom stereocenters. The van der Waals surface area contributed by atoms with Crippen LogP contribution in [0.1, 0.15) is 38.8 Å². The summed E-state index contributed by atoms with van der Waals surface area (Å²) >= 11 is 0. The fraction of sp³-hybridized carbons (Fsp3) is 0.571. The molecule has 0 spiro atoms. The molecule has 0 amide bonds. The van der Waals surface area contributed by atoms with Gasteiger partial charge in [0.15, 0.2) is 0 Å². The van der Waals surface area contributed by atoms with Gasteiger partial charge in [0.05, 0.1) is 7.11 Å². The zero-order valence-electron chi connectivity index (χ0n) is 11.1. The topological polar surface area (TPSA) is 21.3 Å². The summed E-state index contributed by atoms with van der Waals surface area (Å²) in [6.45, 7) is 10.7. The fourth-order valence-corrected chi connectivity index (χ4v) is 1.72. The number of hydrogen-bond donors (Lipinski definition) is 1. The van der Waals surface area contributed by atoms with Crippen LogP contribution in [-0.2, 0) is 12.0 Å². The van der Waals surface area contributed by atoms with Gasteiger partial charge in [-0.2, -0.15) is 0 Å². The Morgan fingerprint density at radius 1 is 1.25 bits per heavy atom. The van der Waals surface area contributed by atoms with Gasteiger partial charge in [0.25, 0.3) is 0 Å². The number of ether oxygens (including phenoxy) is 1. The monoisotopic (exact) mass is 221 g/mol. The Kier molecular flexibility index (Phi) is 4.36. The average molecular weight is 221 g/mol. The van der Waals surface area contributed by atoms with Crippen LogP contribution in [0.3, 0.4) is 0 Å². The normalized spacial score (nSPS) is 11.6. The van der Waals surface area contributed by atoms with Gasteiger partial charge in [-0.3, -0.25) is 0 Å². The van der Waals surface area contributed by atoms with E-state index in [4.69, 9.17) is 4.74 Å². The molecule has 0 aliphatic rings. The van der Waals surface area contributed by atoms with E-state index >= 15 is 0 Å². The summed E-state index contributed by atoms with van der Waals surface area (Å²) in [6, 6.07) is 6.42. The highest BCUT2D eigenvalue weighted by atomic mass is 16.5. The van der Waals surface area contributed by atoms with Gasteiger partial charge < -0.3 is 10.1 Å². The summed E-state index contributed by atoms with van der Waals surface area (Å²) in [5.74, 6) is 0.979. The van der Waals surface area contributed by atoms with E-state index in [1.807, 2.05) is 0 Å². The minimum Gasteiger partial charge on any atom is -0.496 e. The van der Waals surface area contributed by atoms with Crippen molar-refractivity contribution in [3.05, 3.63) is 29.3 Å². The second-order valence-electron chi connectivity index (χ2n) is 5.06. The summed E-state index contributed by atoms with van der Waals surface area (Å²) in [4.78, 5) is 0. The van der Waals surface area contributed by atoms with Crippen molar-refractivity contribution in [2.24, 2.45) is 0 Å². The molecule has 1 aromatic carbocycles. The van der Waals surface area contributed by atoms with E-state index < -0.39 is 0 Å². The number of rotatable bonds is 4. The van der Waals surface area contributed by atoms with Crippen molar-refractivity contribution in [2.45, 2.75) is 39.7 Å². The van der Waals surface area contributed by atoms with E-state index in [-0.39, 0.29) is 5.41 Å². The highest BCUT2D eigenvalue weighted by Crippen LogP contribution is 2.31. The first-order valence-corrected chi connectivity index (χ1v) is 5.87. The number of hydrogen-bond acceptors (Lipinski definition) is 2. The predicted molar refractivity (Wildman–Crippen MR) is 69.1 cm³/mol. The van der Waals surface area contributed by atoms with Crippen LogP contribution in [0.25, 0.3) is 0 Å². The highest BCUT2D eigenvalue weighted by molar-refractivity contribution is 5.41. The Hall–Kier alpha value is -1.02. The molecular formula is C14H23NO. The summed E-state index contributed by atoms with van der Waals surface area (Å²) in [6.07, 6.45) is 0. The lowest BCUT2D eigenvalue weighted by Crippen LogP contribution is -2.16. The van der Waals surface area contributed by atoms with Crippen LogP contribution in [0, 0.1) is 0 Å². The molecule has 1 rings (SSSR count). The van der Waals surface area contributed by atoms with Crippen molar-refractivity contribution < 1.29 is 4.74 Å². The molecule has 1 aromatic rings. The second kappa shape index (κ2) is 5.35. The SMILES string of the molecule is CCNCc1ccc(OC)c(C(C)(C)C)c1. The van der Waals surface area contributed by atoms with Gasteiger partial charge in [-0.05, 0) is 29.2 Å². The Bertz CT molecular complexity index is 339. The minimum absolute atomic E-state index is 0.119. The Morgan fingerprint density at radius 2 is 1.94 bits per heavy atom. The molecular weight excluding hydrogens is 198 g/mol. The van der Waals surface area contributed by atoms with Crippen LogP contribution in [0.4, 0.5) is 0 Å². The number of benzene rings is 1. The van der Waals surface area contributed by atoms with Gasteiger partial charge in [0, 0.05) is 6.54 Å². The van der Waals surface area contributed by atoms with Crippen LogP contribution >= 0.6 is 0 Å². The molecule has 0 saturated heterocycles. The van der Waals surface area contributed by atoms with Crippen LogP contribution < -0.4 is 10.1 Å². The molecule has 0 heterocycles. The zero-order valence-corrected chi connectivity index (χ0v) is 11.1. The molecule has 0 saturated carbocycles. The van der Waals surface area contributed by atoms with Gasteiger partial charge in [-0.15, -0.1) is 0 Å². The van der Waals surface area contributed by atoms with Crippen molar-refractivity contribution >= 4 is 0 Å². The van der Waals surface area contributed by atoms with E-state index in [9.17, 15) is 0 Å². The molecule has 0 unspecified atom stereocenters. The van der Waals surface area contributed by atoms with Crippen molar-refractivity contribution in [3.8, 4) is 5.75 Å². The van der Waals surface area contributed by atoms with Gasteiger partial charge in [0.1, 0.15) is 5.75 Å². The summed E-state index contributed by atoms with van der Waals surface area (Å²) in [7, 11) is 1.73. The maximum absolute atomic E-state index is 5.41. The van der Waals surface area contributed by atoms with Gasteiger partial charge in [-0.1, -0.05) is 39.8 Å². The highest BCUT2D eigenvalue weighted by Gasteiger charge is 2.18. The summed E-state index contributed by atoms with van der Waals surface area (Å²) < 4.78 is 5.41. The number of nitrogens with one attached hydrogen (secondary N) is 1. The standard InChI is InChI=1S/C14H23NO/c1-6-15-10-11-7-8-13(16-5)12(9-11)14(2,3)4/h7-9,15H,6,10H2,1-5H3. The average Bonchev–Trinajstić information content (AvgIpc) is 2.24. The minimum atomic E-state index is 0.119. The van der Waals surface area contributed by atoms with Gasteiger partial charge in [-0.25, -0.2) is 0 Å². The van der Waals surface area contributed by atoms with Crippen LogP contribution in [0.2, 0.25) is 0 Å².